The zero-order chi connectivity index (χ0) is 13.7. The lowest BCUT2D eigenvalue weighted by Crippen LogP contribution is -2.07. The molecule has 2 aromatic carbocycles. The predicted molar refractivity (Wildman–Crippen MR) is 75.7 cm³/mol. The molecular formula is C15H17NO2S. The van der Waals surface area contributed by atoms with Crippen molar-refractivity contribution < 1.29 is 8.42 Å². The Bertz CT molecular complexity index is 636. The molecule has 0 spiro atoms. The van der Waals surface area contributed by atoms with Crippen LogP contribution in [-0.2, 0) is 16.3 Å². The number of aryl methyl sites for hydroxylation is 1. The number of benzene rings is 2. The smallest absolute Gasteiger partial charge is 0.206 e. The van der Waals surface area contributed by atoms with E-state index in [1.807, 2.05) is 12.1 Å². The van der Waals surface area contributed by atoms with Crippen molar-refractivity contribution in [3.8, 4) is 0 Å². The van der Waals surface area contributed by atoms with Gasteiger partial charge in [0.2, 0.25) is 9.84 Å². The van der Waals surface area contributed by atoms with Crippen LogP contribution in [0.3, 0.4) is 0 Å². The summed E-state index contributed by atoms with van der Waals surface area (Å²) in [7, 11) is -3.44. The highest BCUT2D eigenvalue weighted by Gasteiger charge is 2.20. The third-order valence-electron chi connectivity index (χ3n) is 2.97. The molecule has 0 aliphatic carbocycles. The predicted octanol–water partition coefficient (Wildman–Crippen LogP) is 2.41. The van der Waals surface area contributed by atoms with E-state index >= 15 is 0 Å². The van der Waals surface area contributed by atoms with Crippen LogP contribution >= 0.6 is 0 Å². The molecule has 0 aliphatic heterocycles. The minimum atomic E-state index is -3.44. The van der Waals surface area contributed by atoms with Crippen LogP contribution in [0.4, 0.5) is 0 Å². The maximum Gasteiger partial charge on any atom is 0.206 e. The summed E-state index contributed by atoms with van der Waals surface area (Å²) in [5.74, 6) is 0. The largest absolute Gasteiger partial charge is 0.330 e. The van der Waals surface area contributed by atoms with Gasteiger partial charge in [0.1, 0.15) is 0 Å². The Balaban J connectivity index is 2.47. The first-order valence-electron chi connectivity index (χ1n) is 6.24. The van der Waals surface area contributed by atoms with Gasteiger partial charge in [0, 0.05) is 0 Å². The van der Waals surface area contributed by atoms with Gasteiger partial charge in [0.05, 0.1) is 9.79 Å². The van der Waals surface area contributed by atoms with Crippen LogP contribution in [0.15, 0.2) is 64.4 Å². The van der Waals surface area contributed by atoms with Crippen LogP contribution in [0, 0.1) is 0 Å². The zero-order valence-corrected chi connectivity index (χ0v) is 11.4. The summed E-state index contributed by atoms with van der Waals surface area (Å²) in [4.78, 5) is 0.713. The lowest BCUT2D eigenvalue weighted by molar-refractivity contribution is 0.594. The molecule has 0 aliphatic rings. The summed E-state index contributed by atoms with van der Waals surface area (Å²) in [6.07, 6.45) is 1.46. The molecule has 2 N–H and O–H groups in total. The lowest BCUT2D eigenvalue weighted by atomic mass is 10.1. The Kier molecular flexibility index (Phi) is 4.35. The number of rotatable bonds is 5. The molecule has 2 aromatic rings. The molecule has 0 unspecified atom stereocenters. The third-order valence-corrected chi connectivity index (χ3v) is 4.84. The van der Waals surface area contributed by atoms with Gasteiger partial charge in [-0.3, -0.25) is 0 Å². The van der Waals surface area contributed by atoms with Crippen LogP contribution in [0.5, 0.6) is 0 Å². The first-order valence-corrected chi connectivity index (χ1v) is 7.72. The summed E-state index contributed by atoms with van der Waals surface area (Å²) in [5.41, 5.74) is 6.33. The monoisotopic (exact) mass is 275 g/mol. The maximum absolute atomic E-state index is 12.6. The highest BCUT2D eigenvalue weighted by Crippen LogP contribution is 2.24. The van der Waals surface area contributed by atoms with Crippen molar-refractivity contribution in [2.45, 2.75) is 22.6 Å². The first-order chi connectivity index (χ1) is 9.16. The molecule has 0 saturated carbocycles. The van der Waals surface area contributed by atoms with E-state index in [0.29, 0.717) is 22.8 Å². The summed E-state index contributed by atoms with van der Waals surface area (Å²) >= 11 is 0. The van der Waals surface area contributed by atoms with E-state index in [0.717, 1.165) is 12.0 Å². The lowest BCUT2D eigenvalue weighted by Gasteiger charge is -2.10. The molecule has 100 valence electrons. The average molecular weight is 275 g/mol. The van der Waals surface area contributed by atoms with E-state index in [2.05, 4.69) is 0 Å². The zero-order valence-electron chi connectivity index (χ0n) is 10.6. The molecular weight excluding hydrogens is 258 g/mol. The molecule has 2 rings (SSSR count). The second-order valence-electron chi connectivity index (χ2n) is 4.32. The first kappa shape index (κ1) is 13.8. The van der Waals surface area contributed by atoms with Crippen molar-refractivity contribution in [3.63, 3.8) is 0 Å². The van der Waals surface area contributed by atoms with Crippen LogP contribution in [0.25, 0.3) is 0 Å². The van der Waals surface area contributed by atoms with Gasteiger partial charge in [-0.2, -0.15) is 0 Å². The normalized spacial score (nSPS) is 11.4. The van der Waals surface area contributed by atoms with Crippen LogP contribution in [0.2, 0.25) is 0 Å². The van der Waals surface area contributed by atoms with Crippen molar-refractivity contribution in [3.05, 3.63) is 60.2 Å². The van der Waals surface area contributed by atoms with Gasteiger partial charge in [-0.1, -0.05) is 36.4 Å². The van der Waals surface area contributed by atoms with Crippen LogP contribution < -0.4 is 5.73 Å². The summed E-state index contributed by atoms with van der Waals surface area (Å²) in [5, 5.41) is 0. The van der Waals surface area contributed by atoms with E-state index in [1.54, 1.807) is 42.5 Å². The van der Waals surface area contributed by atoms with Crippen molar-refractivity contribution in [1.82, 2.24) is 0 Å². The van der Waals surface area contributed by atoms with Gasteiger partial charge in [0.25, 0.3) is 0 Å². The molecule has 0 amide bonds. The fourth-order valence-corrected chi connectivity index (χ4v) is 3.53. The van der Waals surface area contributed by atoms with Gasteiger partial charge in [0.15, 0.2) is 0 Å². The van der Waals surface area contributed by atoms with Crippen LogP contribution in [0.1, 0.15) is 12.0 Å². The van der Waals surface area contributed by atoms with Crippen molar-refractivity contribution in [1.29, 1.82) is 0 Å². The number of hydrogen-bond acceptors (Lipinski definition) is 3. The maximum atomic E-state index is 12.6. The van der Waals surface area contributed by atoms with E-state index < -0.39 is 9.84 Å². The average Bonchev–Trinajstić information content (AvgIpc) is 2.46. The van der Waals surface area contributed by atoms with Gasteiger partial charge < -0.3 is 5.73 Å². The van der Waals surface area contributed by atoms with Gasteiger partial charge in [-0.15, -0.1) is 0 Å². The minimum absolute atomic E-state index is 0.329. The minimum Gasteiger partial charge on any atom is -0.330 e. The Morgan fingerprint density at radius 2 is 1.53 bits per heavy atom. The molecule has 0 heterocycles. The fourth-order valence-electron chi connectivity index (χ4n) is 1.99. The molecule has 0 fully saturated rings. The SMILES string of the molecule is NCCCc1ccccc1S(=O)(=O)c1ccccc1. The highest BCUT2D eigenvalue weighted by atomic mass is 32.2. The number of sulfone groups is 1. The van der Waals surface area contributed by atoms with E-state index in [1.165, 1.54) is 0 Å². The van der Waals surface area contributed by atoms with E-state index in [4.69, 9.17) is 5.73 Å². The van der Waals surface area contributed by atoms with Gasteiger partial charge >= 0.3 is 0 Å². The third kappa shape index (κ3) is 3.03. The van der Waals surface area contributed by atoms with Crippen molar-refractivity contribution >= 4 is 9.84 Å². The number of nitrogens with two attached hydrogens (primary N) is 1. The Hall–Kier alpha value is -1.65. The highest BCUT2D eigenvalue weighted by molar-refractivity contribution is 7.91. The Morgan fingerprint density at radius 3 is 2.21 bits per heavy atom. The quantitative estimate of drug-likeness (QED) is 0.911. The van der Waals surface area contributed by atoms with Gasteiger partial charge in [-0.05, 0) is 43.1 Å². The van der Waals surface area contributed by atoms with E-state index in [9.17, 15) is 8.42 Å². The summed E-state index contributed by atoms with van der Waals surface area (Å²) in [6.45, 7) is 0.555. The van der Waals surface area contributed by atoms with Crippen molar-refractivity contribution in [2.75, 3.05) is 6.54 Å². The van der Waals surface area contributed by atoms with Crippen LogP contribution in [-0.4, -0.2) is 15.0 Å². The standard InChI is InChI=1S/C15H17NO2S/c16-12-6-8-13-7-4-5-11-15(13)19(17,18)14-9-2-1-3-10-14/h1-5,7,9-11H,6,8,12,16H2. The fraction of sp³-hybridized carbons (Fsp3) is 0.200. The molecule has 4 heteroatoms. The Labute approximate surface area is 114 Å². The number of hydrogen-bond donors (Lipinski definition) is 1. The molecule has 0 atom stereocenters. The molecule has 0 saturated heterocycles. The second kappa shape index (κ2) is 5.99. The molecule has 0 bridgehead atoms. The second-order valence-corrected chi connectivity index (χ2v) is 6.23. The summed E-state index contributed by atoms with van der Waals surface area (Å²) in [6, 6.07) is 15.6. The molecule has 0 aromatic heterocycles. The Morgan fingerprint density at radius 1 is 0.895 bits per heavy atom. The summed E-state index contributed by atoms with van der Waals surface area (Å²) < 4.78 is 25.2. The van der Waals surface area contributed by atoms with E-state index in [-0.39, 0.29) is 0 Å². The molecule has 19 heavy (non-hydrogen) atoms. The van der Waals surface area contributed by atoms with Crippen molar-refractivity contribution in [2.24, 2.45) is 5.73 Å². The topological polar surface area (TPSA) is 60.2 Å². The molecule has 0 radical (unpaired) electrons. The van der Waals surface area contributed by atoms with Gasteiger partial charge in [-0.25, -0.2) is 8.42 Å². The molecule has 3 nitrogen and oxygen atoms in total.